The molecule has 2 atom stereocenters. The van der Waals surface area contributed by atoms with Crippen LogP contribution < -0.4 is 16.4 Å². The first-order valence-corrected chi connectivity index (χ1v) is 8.10. The molecule has 0 radical (unpaired) electrons. The van der Waals surface area contributed by atoms with Crippen LogP contribution in [0.2, 0.25) is 0 Å². The second kappa shape index (κ2) is 8.81. The molecule has 0 aliphatic heterocycles. The number of carbonyl (C=O) groups is 4. The number of aliphatic carboxylic acids is 2. The maximum atomic E-state index is 12.3. The van der Waals surface area contributed by atoms with Crippen LogP contribution >= 0.6 is 0 Å². The summed E-state index contributed by atoms with van der Waals surface area (Å²) >= 11 is 0. The third-order valence-corrected chi connectivity index (χ3v) is 3.88. The van der Waals surface area contributed by atoms with E-state index in [1.54, 1.807) is 6.20 Å². The van der Waals surface area contributed by atoms with Crippen LogP contribution in [0.4, 0.5) is 0 Å². The molecule has 0 fully saturated rings. The molecule has 10 heteroatoms. The van der Waals surface area contributed by atoms with Gasteiger partial charge < -0.3 is 31.6 Å². The lowest BCUT2D eigenvalue weighted by Gasteiger charge is -2.20. The van der Waals surface area contributed by atoms with E-state index in [0.717, 1.165) is 16.5 Å². The number of carboxylic acid groups (broad SMARTS) is 2. The van der Waals surface area contributed by atoms with Gasteiger partial charge in [0.25, 0.3) is 0 Å². The van der Waals surface area contributed by atoms with Gasteiger partial charge in [-0.2, -0.15) is 0 Å². The predicted octanol–water partition coefficient (Wildman–Crippen LogP) is -0.802. The summed E-state index contributed by atoms with van der Waals surface area (Å²) in [6.07, 6.45) is 1.16. The van der Waals surface area contributed by atoms with Crippen LogP contribution in [-0.2, 0) is 25.6 Å². The molecule has 1 heterocycles. The van der Waals surface area contributed by atoms with Crippen molar-refractivity contribution in [2.75, 3.05) is 6.54 Å². The second-order valence-electron chi connectivity index (χ2n) is 5.94. The first-order valence-electron chi connectivity index (χ1n) is 8.10. The van der Waals surface area contributed by atoms with E-state index in [4.69, 9.17) is 15.9 Å². The Morgan fingerprint density at radius 3 is 2.44 bits per heavy atom. The topological polar surface area (TPSA) is 175 Å². The maximum absolute atomic E-state index is 12.3. The standard InChI is InChI=1S/C17H20N4O6/c18-11(6-14(22)23)16(26)21-13(17(27)20-8-15(24)25)5-9-7-19-12-4-2-1-3-10(9)12/h1-4,7,11,13,19H,5-6,8,18H2,(H,20,27)(H,21,26)(H,22,23)(H,24,25)/t11-,13-/m0/s1. The van der Waals surface area contributed by atoms with E-state index in [1.165, 1.54) is 0 Å². The molecule has 0 bridgehead atoms. The van der Waals surface area contributed by atoms with Gasteiger partial charge in [-0.1, -0.05) is 18.2 Å². The Hall–Kier alpha value is -3.40. The van der Waals surface area contributed by atoms with Gasteiger partial charge in [-0.05, 0) is 11.6 Å². The summed E-state index contributed by atoms with van der Waals surface area (Å²) < 4.78 is 0. The number of para-hydroxylation sites is 1. The fourth-order valence-electron chi connectivity index (χ4n) is 2.58. The lowest BCUT2D eigenvalue weighted by atomic mass is 10.0. The number of fused-ring (bicyclic) bond motifs is 1. The van der Waals surface area contributed by atoms with E-state index in [-0.39, 0.29) is 6.42 Å². The molecule has 7 N–H and O–H groups in total. The Bertz CT molecular complexity index is 862. The van der Waals surface area contributed by atoms with Gasteiger partial charge in [-0.15, -0.1) is 0 Å². The normalized spacial score (nSPS) is 12.9. The molecule has 0 unspecified atom stereocenters. The highest BCUT2D eigenvalue weighted by molar-refractivity contribution is 5.93. The summed E-state index contributed by atoms with van der Waals surface area (Å²) in [5, 5.41) is 22.9. The molecule has 10 nitrogen and oxygen atoms in total. The quantitative estimate of drug-likeness (QED) is 0.332. The highest BCUT2D eigenvalue weighted by Gasteiger charge is 2.26. The maximum Gasteiger partial charge on any atom is 0.322 e. The van der Waals surface area contributed by atoms with Crippen molar-refractivity contribution in [1.29, 1.82) is 0 Å². The largest absolute Gasteiger partial charge is 0.481 e. The van der Waals surface area contributed by atoms with E-state index in [2.05, 4.69) is 15.6 Å². The lowest BCUT2D eigenvalue weighted by molar-refractivity contribution is -0.140. The Morgan fingerprint density at radius 1 is 1.07 bits per heavy atom. The number of hydrogen-bond acceptors (Lipinski definition) is 5. The minimum Gasteiger partial charge on any atom is -0.481 e. The molecular weight excluding hydrogens is 356 g/mol. The molecule has 0 aliphatic rings. The Morgan fingerprint density at radius 2 is 1.78 bits per heavy atom. The number of carbonyl (C=O) groups excluding carboxylic acids is 2. The third kappa shape index (κ3) is 5.54. The number of benzene rings is 1. The van der Waals surface area contributed by atoms with Gasteiger partial charge in [0.1, 0.15) is 12.6 Å². The average Bonchev–Trinajstić information content (AvgIpc) is 3.01. The first-order chi connectivity index (χ1) is 12.8. The van der Waals surface area contributed by atoms with Crippen molar-refractivity contribution < 1.29 is 29.4 Å². The lowest BCUT2D eigenvalue weighted by Crippen LogP contribution is -2.53. The first kappa shape index (κ1) is 19.9. The number of aromatic nitrogens is 1. The molecule has 0 spiro atoms. The van der Waals surface area contributed by atoms with Crippen LogP contribution in [0.3, 0.4) is 0 Å². The minimum absolute atomic E-state index is 0.0704. The Kier molecular flexibility index (Phi) is 6.50. The Balaban J connectivity index is 2.18. The van der Waals surface area contributed by atoms with Crippen LogP contribution in [0.5, 0.6) is 0 Å². The highest BCUT2D eigenvalue weighted by atomic mass is 16.4. The van der Waals surface area contributed by atoms with Gasteiger partial charge in [0.15, 0.2) is 0 Å². The molecule has 0 saturated carbocycles. The fourth-order valence-corrected chi connectivity index (χ4v) is 2.58. The van der Waals surface area contributed by atoms with Gasteiger partial charge in [0.05, 0.1) is 12.5 Å². The smallest absolute Gasteiger partial charge is 0.322 e. The van der Waals surface area contributed by atoms with Crippen molar-refractivity contribution in [3.63, 3.8) is 0 Å². The molecule has 1 aromatic carbocycles. The Labute approximate surface area is 153 Å². The third-order valence-electron chi connectivity index (χ3n) is 3.88. The van der Waals surface area contributed by atoms with Crippen LogP contribution in [0.1, 0.15) is 12.0 Å². The van der Waals surface area contributed by atoms with Gasteiger partial charge in [-0.3, -0.25) is 19.2 Å². The second-order valence-corrected chi connectivity index (χ2v) is 5.94. The molecule has 0 aliphatic carbocycles. The number of hydrogen-bond donors (Lipinski definition) is 6. The number of carboxylic acids is 2. The predicted molar refractivity (Wildman–Crippen MR) is 94.8 cm³/mol. The van der Waals surface area contributed by atoms with Crippen LogP contribution in [0.15, 0.2) is 30.5 Å². The zero-order chi connectivity index (χ0) is 20.0. The molecule has 2 rings (SSSR count). The van der Waals surface area contributed by atoms with Gasteiger partial charge in [0, 0.05) is 23.5 Å². The van der Waals surface area contributed by atoms with Crippen molar-refractivity contribution >= 4 is 34.7 Å². The van der Waals surface area contributed by atoms with Crippen LogP contribution in [0.25, 0.3) is 10.9 Å². The fraction of sp³-hybridized carbons (Fsp3) is 0.294. The van der Waals surface area contributed by atoms with Crippen molar-refractivity contribution in [2.24, 2.45) is 5.73 Å². The summed E-state index contributed by atoms with van der Waals surface area (Å²) in [6.45, 7) is -0.611. The molecule has 2 aromatic rings. The summed E-state index contributed by atoms with van der Waals surface area (Å²) in [4.78, 5) is 48.9. The number of aromatic amines is 1. The van der Waals surface area contributed by atoms with Gasteiger partial charge in [0.2, 0.25) is 11.8 Å². The van der Waals surface area contributed by atoms with E-state index in [0.29, 0.717) is 0 Å². The van der Waals surface area contributed by atoms with Gasteiger partial charge >= 0.3 is 11.9 Å². The summed E-state index contributed by atoms with van der Waals surface area (Å²) in [7, 11) is 0. The summed E-state index contributed by atoms with van der Waals surface area (Å²) in [6, 6.07) is 4.90. The van der Waals surface area contributed by atoms with Crippen LogP contribution in [-0.4, -0.2) is 57.6 Å². The van der Waals surface area contributed by atoms with Crippen molar-refractivity contribution in [2.45, 2.75) is 24.9 Å². The minimum atomic E-state index is -1.33. The number of nitrogens with two attached hydrogens (primary N) is 1. The zero-order valence-electron chi connectivity index (χ0n) is 14.3. The number of rotatable bonds is 9. The van der Waals surface area contributed by atoms with Crippen molar-refractivity contribution in [1.82, 2.24) is 15.6 Å². The SMILES string of the molecule is N[C@@H](CC(=O)O)C(=O)N[C@@H](Cc1c[nH]c2ccccc12)C(=O)NCC(=O)O. The van der Waals surface area contributed by atoms with Crippen molar-refractivity contribution in [3.8, 4) is 0 Å². The molecule has 2 amide bonds. The van der Waals surface area contributed by atoms with Crippen molar-refractivity contribution in [3.05, 3.63) is 36.0 Å². The zero-order valence-corrected chi connectivity index (χ0v) is 14.3. The molecule has 144 valence electrons. The van der Waals surface area contributed by atoms with E-state index in [1.807, 2.05) is 24.3 Å². The van der Waals surface area contributed by atoms with Crippen LogP contribution in [0, 0.1) is 0 Å². The van der Waals surface area contributed by atoms with E-state index in [9.17, 15) is 19.2 Å². The van der Waals surface area contributed by atoms with Gasteiger partial charge in [-0.25, -0.2) is 0 Å². The summed E-state index contributed by atoms with van der Waals surface area (Å²) in [5.74, 6) is -4.00. The van der Waals surface area contributed by atoms with E-state index < -0.39 is 48.8 Å². The van der Waals surface area contributed by atoms with E-state index >= 15 is 0 Å². The molecular formula is C17H20N4O6. The average molecular weight is 376 g/mol. The summed E-state index contributed by atoms with van der Waals surface area (Å²) in [5.41, 5.74) is 7.10. The molecule has 27 heavy (non-hydrogen) atoms. The number of nitrogens with one attached hydrogen (secondary N) is 3. The molecule has 1 aromatic heterocycles. The monoisotopic (exact) mass is 376 g/mol. The number of amides is 2. The highest BCUT2D eigenvalue weighted by Crippen LogP contribution is 2.19. The molecule has 0 saturated heterocycles. The number of H-pyrrole nitrogens is 1.